The molecule has 0 atom stereocenters. The zero-order chi connectivity index (χ0) is 20.4. The monoisotopic (exact) mass is 400 g/mol. The Morgan fingerprint density at radius 2 is 1.69 bits per heavy atom. The summed E-state index contributed by atoms with van der Waals surface area (Å²) in [6, 6.07) is 14.2. The van der Waals surface area contributed by atoms with Crippen LogP contribution < -0.4 is 10.1 Å². The Bertz CT molecular complexity index is 1120. The van der Waals surface area contributed by atoms with Gasteiger partial charge in [0.2, 0.25) is 0 Å². The summed E-state index contributed by atoms with van der Waals surface area (Å²) >= 11 is 0. The molecule has 148 valence electrons. The molecule has 2 heterocycles. The molecule has 0 aliphatic rings. The minimum absolute atomic E-state index is 0.201. The minimum Gasteiger partial charge on any atom is -0.508 e. The first kappa shape index (κ1) is 18.6. The average Bonchev–Trinajstić information content (AvgIpc) is 3.08. The highest BCUT2D eigenvalue weighted by molar-refractivity contribution is 5.89. The van der Waals surface area contributed by atoms with Crippen LogP contribution in [-0.4, -0.2) is 26.0 Å². The zero-order valence-corrected chi connectivity index (χ0v) is 14.9. The van der Waals surface area contributed by atoms with Crippen molar-refractivity contribution in [2.75, 3.05) is 5.32 Å². The number of hydrogen-bond donors (Lipinski definition) is 2. The van der Waals surface area contributed by atoms with Gasteiger partial charge in [-0.2, -0.15) is 0 Å². The molecular formula is C20H15F3N4O2. The summed E-state index contributed by atoms with van der Waals surface area (Å²) in [5, 5.41) is 13.3. The van der Waals surface area contributed by atoms with Crippen molar-refractivity contribution in [3.63, 3.8) is 0 Å². The Labute approximate surface area is 163 Å². The molecule has 0 aliphatic heterocycles. The number of phenolic OH excluding ortho intramolecular Hbond substituents is 1. The largest absolute Gasteiger partial charge is 0.573 e. The third-order valence-corrected chi connectivity index (χ3v) is 4.20. The first-order valence-electron chi connectivity index (χ1n) is 8.58. The van der Waals surface area contributed by atoms with Gasteiger partial charge < -0.3 is 19.7 Å². The van der Waals surface area contributed by atoms with E-state index in [1.54, 1.807) is 12.1 Å². The van der Waals surface area contributed by atoms with Crippen molar-refractivity contribution in [3.8, 4) is 11.5 Å². The van der Waals surface area contributed by atoms with Gasteiger partial charge in [-0.1, -0.05) is 12.1 Å². The molecule has 0 aliphatic carbocycles. The summed E-state index contributed by atoms with van der Waals surface area (Å²) in [6.45, 7) is 0.559. The minimum atomic E-state index is -4.73. The lowest BCUT2D eigenvalue weighted by atomic mass is 10.2. The highest BCUT2D eigenvalue weighted by Crippen LogP contribution is 2.27. The molecule has 2 N–H and O–H groups in total. The summed E-state index contributed by atoms with van der Waals surface area (Å²) in [5.41, 5.74) is 2.26. The molecule has 0 saturated heterocycles. The lowest BCUT2D eigenvalue weighted by Gasteiger charge is -2.11. The number of alkyl halides is 3. The Morgan fingerprint density at radius 1 is 0.966 bits per heavy atom. The Balaban J connectivity index is 1.55. The van der Waals surface area contributed by atoms with E-state index in [9.17, 15) is 18.3 Å². The number of nitrogens with zero attached hydrogens (tertiary/aromatic N) is 3. The first-order chi connectivity index (χ1) is 13.9. The van der Waals surface area contributed by atoms with Crippen molar-refractivity contribution in [1.82, 2.24) is 14.5 Å². The average molecular weight is 400 g/mol. The van der Waals surface area contributed by atoms with Crippen molar-refractivity contribution in [2.45, 2.75) is 12.9 Å². The number of halogens is 3. The molecule has 4 rings (SSSR count). The number of phenols is 1. The molecule has 0 radical (unpaired) electrons. The molecule has 4 aromatic rings. The fraction of sp³-hybridized carbons (Fsp3) is 0.100. The summed E-state index contributed by atoms with van der Waals surface area (Å²) < 4.78 is 42.6. The van der Waals surface area contributed by atoms with Crippen molar-refractivity contribution in [1.29, 1.82) is 0 Å². The number of ether oxygens (including phenoxy) is 1. The van der Waals surface area contributed by atoms with Gasteiger partial charge in [-0.05, 0) is 48.0 Å². The lowest BCUT2D eigenvalue weighted by molar-refractivity contribution is -0.274. The molecule has 0 unspecified atom stereocenters. The van der Waals surface area contributed by atoms with Gasteiger partial charge in [-0.15, -0.1) is 13.2 Å². The second kappa shape index (κ2) is 7.34. The van der Waals surface area contributed by atoms with Crippen molar-refractivity contribution < 1.29 is 23.0 Å². The van der Waals surface area contributed by atoms with Crippen LogP contribution >= 0.6 is 0 Å². The Kier molecular flexibility index (Phi) is 4.71. The number of aromatic nitrogens is 3. The fourth-order valence-corrected chi connectivity index (χ4v) is 2.91. The van der Waals surface area contributed by atoms with Gasteiger partial charge in [0.15, 0.2) is 0 Å². The van der Waals surface area contributed by atoms with E-state index in [0.717, 1.165) is 10.9 Å². The van der Waals surface area contributed by atoms with Crippen LogP contribution in [0.4, 0.5) is 24.7 Å². The van der Waals surface area contributed by atoms with Crippen molar-refractivity contribution >= 4 is 22.5 Å². The van der Waals surface area contributed by atoms with E-state index in [1.807, 2.05) is 29.0 Å². The van der Waals surface area contributed by atoms with Crippen molar-refractivity contribution in [3.05, 3.63) is 72.7 Å². The Morgan fingerprint density at radius 3 is 2.38 bits per heavy atom. The number of aromatic hydroxyl groups is 1. The number of nitrogens with one attached hydrogen (secondary N) is 1. The van der Waals surface area contributed by atoms with Gasteiger partial charge in [0.1, 0.15) is 29.3 Å². The first-order valence-corrected chi connectivity index (χ1v) is 8.58. The van der Waals surface area contributed by atoms with E-state index in [1.165, 1.54) is 30.6 Å². The van der Waals surface area contributed by atoms with Gasteiger partial charge in [-0.3, -0.25) is 0 Å². The molecule has 6 nitrogen and oxygen atoms in total. The molecule has 0 saturated carbocycles. The second-order valence-corrected chi connectivity index (χ2v) is 6.27. The summed E-state index contributed by atoms with van der Waals surface area (Å²) in [4.78, 5) is 8.57. The summed E-state index contributed by atoms with van der Waals surface area (Å²) in [7, 11) is 0. The van der Waals surface area contributed by atoms with Crippen LogP contribution in [0.2, 0.25) is 0 Å². The number of hydrogen-bond acceptors (Lipinski definition) is 5. The van der Waals surface area contributed by atoms with Crippen LogP contribution in [0.15, 0.2) is 67.1 Å². The van der Waals surface area contributed by atoms with E-state index < -0.39 is 6.36 Å². The SMILES string of the molecule is Oc1ccc(Cn2ccc3c(Nc4ccc(OC(F)(F)F)cc4)ncnc32)cc1. The van der Waals surface area contributed by atoms with E-state index >= 15 is 0 Å². The topological polar surface area (TPSA) is 72.2 Å². The predicted octanol–water partition coefficient (Wildman–Crippen LogP) is 4.83. The smallest absolute Gasteiger partial charge is 0.508 e. The normalized spacial score (nSPS) is 11.6. The summed E-state index contributed by atoms with van der Waals surface area (Å²) in [5.74, 6) is 0.437. The third-order valence-electron chi connectivity index (χ3n) is 4.20. The Hall–Kier alpha value is -3.75. The zero-order valence-electron chi connectivity index (χ0n) is 14.9. The van der Waals surface area contributed by atoms with Crippen LogP contribution in [0.25, 0.3) is 11.0 Å². The van der Waals surface area contributed by atoms with Crippen LogP contribution in [0.5, 0.6) is 11.5 Å². The van der Waals surface area contributed by atoms with Crippen molar-refractivity contribution in [2.24, 2.45) is 0 Å². The maximum absolute atomic E-state index is 12.3. The number of fused-ring (bicyclic) bond motifs is 1. The molecule has 0 amide bonds. The molecule has 0 fully saturated rings. The number of benzene rings is 2. The number of anilines is 2. The van der Waals surface area contributed by atoms with Crippen LogP contribution in [0.1, 0.15) is 5.56 Å². The number of rotatable bonds is 5. The standard InChI is InChI=1S/C20H15F3N4O2/c21-20(22,23)29-16-7-3-14(4-8-16)26-18-17-9-10-27(19(17)25-12-24-18)11-13-1-5-15(28)6-2-13/h1-10,12,28H,11H2,(H,24,25,26). The molecular weight excluding hydrogens is 385 g/mol. The van der Waals surface area contributed by atoms with Gasteiger partial charge in [0.25, 0.3) is 0 Å². The highest BCUT2D eigenvalue weighted by atomic mass is 19.4. The third kappa shape index (κ3) is 4.40. The molecule has 2 aromatic heterocycles. The molecule has 29 heavy (non-hydrogen) atoms. The lowest BCUT2D eigenvalue weighted by Crippen LogP contribution is -2.16. The van der Waals surface area contributed by atoms with E-state index in [-0.39, 0.29) is 11.5 Å². The molecule has 0 spiro atoms. The van der Waals surface area contributed by atoms with E-state index in [4.69, 9.17) is 0 Å². The van der Waals surface area contributed by atoms with Crippen LogP contribution in [0, 0.1) is 0 Å². The molecule has 0 bridgehead atoms. The van der Waals surface area contributed by atoms with Crippen LogP contribution in [-0.2, 0) is 6.54 Å². The fourth-order valence-electron chi connectivity index (χ4n) is 2.91. The second-order valence-electron chi connectivity index (χ2n) is 6.27. The van der Waals surface area contributed by atoms with E-state index in [0.29, 0.717) is 23.7 Å². The molecule has 2 aromatic carbocycles. The summed E-state index contributed by atoms with van der Waals surface area (Å²) in [6.07, 6.45) is -1.44. The maximum atomic E-state index is 12.3. The van der Waals surface area contributed by atoms with Gasteiger partial charge in [0.05, 0.1) is 5.39 Å². The van der Waals surface area contributed by atoms with Crippen LogP contribution in [0.3, 0.4) is 0 Å². The predicted molar refractivity (Wildman–Crippen MR) is 101 cm³/mol. The van der Waals surface area contributed by atoms with E-state index in [2.05, 4.69) is 20.0 Å². The van der Waals surface area contributed by atoms with Gasteiger partial charge in [-0.25, -0.2) is 9.97 Å². The maximum Gasteiger partial charge on any atom is 0.573 e. The quantitative estimate of drug-likeness (QED) is 0.502. The van der Waals surface area contributed by atoms with Gasteiger partial charge in [0, 0.05) is 18.4 Å². The molecule has 9 heteroatoms. The highest BCUT2D eigenvalue weighted by Gasteiger charge is 2.30. The van der Waals surface area contributed by atoms with Gasteiger partial charge >= 0.3 is 6.36 Å².